The highest BCUT2D eigenvalue weighted by molar-refractivity contribution is 5.35. The molecule has 1 heterocycles. The molecule has 0 spiro atoms. The van der Waals surface area contributed by atoms with E-state index in [9.17, 15) is 5.11 Å². The minimum atomic E-state index is 0.423. The lowest BCUT2D eigenvalue weighted by Crippen LogP contribution is -1.91. The maximum absolute atomic E-state index is 9.58. The first-order chi connectivity index (χ1) is 6.75. The summed E-state index contributed by atoms with van der Waals surface area (Å²) in [5.41, 5.74) is 2.27. The molecule has 0 amide bonds. The molecule has 2 rings (SSSR count). The van der Waals surface area contributed by atoms with Crippen LogP contribution in [0, 0.1) is 6.92 Å². The smallest absolute Gasteiger partial charge is 0.118 e. The SMILES string of the molecule is Cc1ccc(O)c(CCCC2CO2)c1. The summed E-state index contributed by atoms with van der Waals surface area (Å²) < 4.78 is 5.14. The molecular formula is C12H16O2. The van der Waals surface area contributed by atoms with Crippen molar-refractivity contribution in [1.29, 1.82) is 0 Å². The molecule has 76 valence electrons. The van der Waals surface area contributed by atoms with Crippen LogP contribution in [-0.4, -0.2) is 17.8 Å². The van der Waals surface area contributed by atoms with E-state index in [1.807, 2.05) is 13.0 Å². The molecule has 0 aromatic heterocycles. The molecule has 0 bridgehead atoms. The Balaban J connectivity index is 1.89. The summed E-state index contributed by atoms with van der Waals surface area (Å²) in [6.07, 6.45) is 3.67. The summed E-state index contributed by atoms with van der Waals surface area (Å²) in [5.74, 6) is 0.423. The molecule has 1 atom stereocenters. The normalized spacial score (nSPS) is 19.6. The minimum absolute atomic E-state index is 0.423. The number of benzene rings is 1. The van der Waals surface area contributed by atoms with Crippen molar-refractivity contribution in [1.82, 2.24) is 0 Å². The van der Waals surface area contributed by atoms with Crippen molar-refractivity contribution in [2.75, 3.05) is 6.61 Å². The van der Waals surface area contributed by atoms with Crippen LogP contribution in [-0.2, 0) is 11.2 Å². The maximum atomic E-state index is 9.58. The third-order valence-corrected chi connectivity index (χ3v) is 2.61. The summed E-state index contributed by atoms with van der Waals surface area (Å²) in [4.78, 5) is 0. The maximum Gasteiger partial charge on any atom is 0.118 e. The monoisotopic (exact) mass is 192 g/mol. The van der Waals surface area contributed by atoms with Gasteiger partial charge in [0.25, 0.3) is 0 Å². The number of hydrogen-bond acceptors (Lipinski definition) is 2. The second-order valence-electron chi connectivity index (χ2n) is 3.98. The zero-order chi connectivity index (χ0) is 9.97. The van der Waals surface area contributed by atoms with Gasteiger partial charge in [0.05, 0.1) is 12.7 Å². The van der Waals surface area contributed by atoms with E-state index < -0.39 is 0 Å². The topological polar surface area (TPSA) is 32.8 Å². The Morgan fingerprint density at radius 3 is 3.00 bits per heavy atom. The van der Waals surface area contributed by atoms with Crippen molar-refractivity contribution < 1.29 is 9.84 Å². The fraction of sp³-hybridized carbons (Fsp3) is 0.500. The van der Waals surface area contributed by atoms with E-state index in [2.05, 4.69) is 6.07 Å². The summed E-state index contributed by atoms with van der Waals surface area (Å²) in [5, 5.41) is 9.58. The average Bonchev–Trinajstić information content (AvgIpc) is 2.95. The fourth-order valence-electron chi connectivity index (χ4n) is 1.67. The molecule has 1 aliphatic heterocycles. The molecule has 1 saturated heterocycles. The first-order valence-corrected chi connectivity index (χ1v) is 5.16. The van der Waals surface area contributed by atoms with E-state index in [1.165, 1.54) is 5.56 Å². The largest absolute Gasteiger partial charge is 0.508 e. The lowest BCUT2D eigenvalue weighted by atomic mass is 10.0. The highest BCUT2D eigenvalue weighted by Gasteiger charge is 2.21. The molecule has 2 nitrogen and oxygen atoms in total. The Bertz CT molecular complexity index is 316. The predicted molar refractivity (Wildman–Crippen MR) is 55.5 cm³/mol. The fourth-order valence-corrected chi connectivity index (χ4v) is 1.67. The van der Waals surface area contributed by atoms with Gasteiger partial charge in [0.15, 0.2) is 0 Å². The van der Waals surface area contributed by atoms with Crippen LogP contribution in [0.5, 0.6) is 5.75 Å². The van der Waals surface area contributed by atoms with Crippen LogP contribution in [0.1, 0.15) is 24.0 Å². The van der Waals surface area contributed by atoms with Gasteiger partial charge in [-0.3, -0.25) is 0 Å². The molecule has 0 aliphatic carbocycles. The molecule has 0 radical (unpaired) electrons. The van der Waals surface area contributed by atoms with Gasteiger partial charge in [-0.1, -0.05) is 17.7 Å². The standard InChI is InChI=1S/C12H16O2/c1-9-5-6-12(13)10(7-9)3-2-4-11-8-14-11/h5-7,11,13H,2-4,8H2,1H3. The number of epoxide rings is 1. The van der Waals surface area contributed by atoms with Crippen LogP contribution >= 0.6 is 0 Å². The van der Waals surface area contributed by atoms with Gasteiger partial charge in [-0.15, -0.1) is 0 Å². The number of hydrogen-bond donors (Lipinski definition) is 1. The number of ether oxygens (including phenoxy) is 1. The minimum Gasteiger partial charge on any atom is -0.508 e. The van der Waals surface area contributed by atoms with E-state index in [4.69, 9.17) is 4.74 Å². The van der Waals surface area contributed by atoms with Crippen LogP contribution in [0.3, 0.4) is 0 Å². The van der Waals surface area contributed by atoms with Crippen molar-refractivity contribution >= 4 is 0 Å². The summed E-state index contributed by atoms with van der Waals surface area (Å²) in [6.45, 7) is 2.98. The first-order valence-electron chi connectivity index (χ1n) is 5.16. The van der Waals surface area contributed by atoms with E-state index >= 15 is 0 Å². The zero-order valence-corrected chi connectivity index (χ0v) is 8.49. The molecule has 1 aliphatic rings. The molecule has 1 unspecified atom stereocenters. The van der Waals surface area contributed by atoms with Crippen molar-refractivity contribution in [3.8, 4) is 5.75 Å². The molecule has 1 aromatic rings. The van der Waals surface area contributed by atoms with Gasteiger partial charge >= 0.3 is 0 Å². The van der Waals surface area contributed by atoms with Crippen molar-refractivity contribution in [2.45, 2.75) is 32.3 Å². The molecule has 2 heteroatoms. The Kier molecular flexibility index (Phi) is 2.73. The second-order valence-corrected chi connectivity index (χ2v) is 3.98. The Morgan fingerprint density at radius 2 is 2.29 bits per heavy atom. The number of rotatable bonds is 4. The van der Waals surface area contributed by atoms with Gasteiger partial charge in [0.2, 0.25) is 0 Å². The molecule has 1 aromatic carbocycles. The highest BCUT2D eigenvalue weighted by atomic mass is 16.6. The average molecular weight is 192 g/mol. The number of aromatic hydroxyl groups is 1. The van der Waals surface area contributed by atoms with E-state index in [-0.39, 0.29) is 0 Å². The molecule has 1 fully saturated rings. The number of phenolic OH excluding ortho intramolecular Hbond substituents is 1. The van der Waals surface area contributed by atoms with Crippen molar-refractivity contribution in [3.05, 3.63) is 29.3 Å². The van der Waals surface area contributed by atoms with Crippen LogP contribution in [0.15, 0.2) is 18.2 Å². The van der Waals surface area contributed by atoms with Crippen LogP contribution in [0.4, 0.5) is 0 Å². The third kappa shape index (κ3) is 2.48. The second kappa shape index (κ2) is 4.01. The van der Waals surface area contributed by atoms with Gasteiger partial charge < -0.3 is 9.84 Å². The van der Waals surface area contributed by atoms with Crippen LogP contribution < -0.4 is 0 Å². The number of aryl methyl sites for hydroxylation is 2. The Morgan fingerprint density at radius 1 is 1.50 bits per heavy atom. The summed E-state index contributed by atoms with van der Waals surface area (Å²) in [7, 11) is 0. The van der Waals surface area contributed by atoms with Gasteiger partial charge in [-0.25, -0.2) is 0 Å². The Hall–Kier alpha value is -1.02. The van der Waals surface area contributed by atoms with Gasteiger partial charge in [0.1, 0.15) is 5.75 Å². The summed E-state index contributed by atoms with van der Waals surface area (Å²) in [6, 6.07) is 5.77. The quantitative estimate of drug-likeness (QED) is 0.743. The predicted octanol–water partition coefficient (Wildman–Crippen LogP) is 2.42. The van der Waals surface area contributed by atoms with Gasteiger partial charge in [0, 0.05) is 0 Å². The first kappa shape index (κ1) is 9.53. The third-order valence-electron chi connectivity index (χ3n) is 2.61. The van der Waals surface area contributed by atoms with Crippen LogP contribution in [0.25, 0.3) is 0 Å². The molecular weight excluding hydrogens is 176 g/mol. The van der Waals surface area contributed by atoms with E-state index in [0.717, 1.165) is 31.4 Å². The van der Waals surface area contributed by atoms with E-state index in [1.54, 1.807) is 6.07 Å². The molecule has 14 heavy (non-hydrogen) atoms. The van der Waals surface area contributed by atoms with E-state index in [0.29, 0.717) is 11.9 Å². The molecule has 0 saturated carbocycles. The van der Waals surface area contributed by atoms with Gasteiger partial charge in [-0.2, -0.15) is 0 Å². The van der Waals surface area contributed by atoms with Crippen molar-refractivity contribution in [2.24, 2.45) is 0 Å². The highest BCUT2D eigenvalue weighted by Crippen LogP contribution is 2.22. The zero-order valence-electron chi connectivity index (χ0n) is 8.49. The summed E-state index contributed by atoms with van der Waals surface area (Å²) >= 11 is 0. The Labute approximate surface area is 84.5 Å². The lowest BCUT2D eigenvalue weighted by molar-refractivity contribution is 0.391. The van der Waals surface area contributed by atoms with Crippen molar-refractivity contribution in [3.63, 3.8) is 0 Å². The van der Waals surface area contributed by atoms with Crippen LogP contribution in [0.2, 0.25) is 0 Å². The lowest BCUT2D eigenvalue weighted by Gasteiger charge is -2.04. The van der Waals surface area contributed by atoms with Gasteiger partial charge in [-0.05, 0) is 37.8 Å². The molecule has 1 N–H and O–H groups in total. The number of phenols is 1.